The molecule has 0 radical (unpaired) electrons. The molecule has 0 saturated heterocycles. The first-order chi connectivity index (χ1) is 14.4. The molecule has 158 valence electrons. The maximum atomic E-state index is 12.8. The van der Waals surface area contributed by atoms with Crippen LogP contribution in [0.25, 0.3) is 11.1 Å². The molecule has 3 rings (SSSR count). The Morgan fingerprint density at radius 3 is 2.37 bits per heavy atom. The van der Waals surface area contributed by atoms with Crippen molar-refractivity contribution in [2.24, 2.45) is 0 Å². The van der Waals surface area contributed by atoms with Crippen molar-refractivity contribution in [1.82, 2.24) is 0 Å². The molecule has 0 aliphatic rings. The van der Waals surface area contributed by atoms with Gasteiger partial charge in [-0.25, -0.2) is 0 Å². The number of carbonyl (C=O) groups excluding carboxylic acids is 1. The van der Waals surface area contributed by atoms with E-state index in [0.717, 1.165) is 43.3 Å². The highest BCUT2D eigenvalue weighted by molar-refractivity contribution is 7.14. The molecule has 0 aliphatic heterocycles. The van der Waals surface area contributed by atoms with Gasteiger partial charge in [0.1, 0.15) is 18.5 Å². The molecule has 0 fully saturated rings. The summed E-state index contributed by atoms with van der Waals surface area (Å²) in [7, 11) is 0. The van der Waals surface area contributed by atoms with Crippen molar-refractivity contribution in [2.75, 3.05) is 13.2 Å². The van der Waals surface area contributed by atoms with Crippen LogP contribution in [-0.4, -0.2) is 35.3 Å². The lowest BCUT2D eigenvalue weighted by molar-refractivity contribution is 0.0531. The van der Waals surface area contributed by atoms with E-state index < -0.39 is 6.10 Å². The monoisotopic (exact) mass is 424 g/mol. The first-order valence-electron chi connectivity index (χ1n) is 10.1. The van der Waals surface area contributed by atoms with E-state index in [4.69, 9.17) is 9.84 Å². The molecule has 30 heavy (non-hydrogen) atoms. The molecule has 2 N–H and O–H groups in total. The molecule has 2 aromatic carbocycles. The van der Waals surface area contributed by atoms with Gasteiger partial charge in [-0.1, -0.05) is 42.5 Å². The van der Waals surface area contributed by atoms with E-state index in [2.05, 4.69) is 19.1 Å². The smallest absolute Gasteiger partial charge is 0.173 e. The van der Waals surface area contributed by atoms with Gasteiger partial charge in [-0.15, -0.1) is 11.3 Å². The summed E-state index contributed by atoms with van der Waals surface area (Å²) < 4.78 is 5.65. The minimum absolute atomic E-state index is 0.0531. The number of Topliss-reactive ketones (excluding diaryl/α,β-unsaturated/α-hetero) is 1. The predicted molar refractivity (Wildman–Crippen MR) is 122 cm³/mol. The Bertz CT molecular complexity index is 984. The first kappa shape index (κ1) is 22.2. The molecular weight excluding hydrogens is 396 g/mol. The third-order valence-corrected chi connectivity index (χ3v) is 6.16. The number of aliphatic hydroxyl groups excluding tert-OH is 2. The highest BCUT2D eigenvalue weighted by Crippen LogP contribution is 2.32. The van der Waals surface area contributed by atoms with Gasteiger partial charge < -0.3 is 14.9 Å². The summed E-state index contributed by atoms with van der Waals surface area (Å²) in [6, 6.07) is 16.2. The quantitative estimate of drug-likeness (QED) is 0.480. The van der Waals surface area contributed by atoms with Gasteiger partial charge in [0.2, 0.25) is 0 Å². The molecule has 0 saturated carbocycles. The van der Waals surface area contributed by atoms with Crippen LogP contribution >= 0.6 is 11.3 Å². The topological polar surface area (TPSA) is 66.8 Å². The SMILES string of the molecule is Cc1cc(CCC(=O)c2cc(-c3ccccc3)c(C)s2)cc(C)c1OC[C@H](O)CO. The fraction of sp³-hybridized carbons (Fsp3) is 0.320. The second kappa shape index (κ2) is 10.0. The third-order valence-electron chi connectivity index (χ3n) is 5.07. The molecule has 0 amide bonds. The summed E-state index contributed by atoms with van der Waals surface area (Å²) in [5.74, 6) is 0.881. The number of ketones is 1. The number of aliphatic hydroxyl groups is 2. The Kier molecular flexibility index (Phi) is 7.43. The number of carbonyl (C=O) groups is 1. The zero-order valence-electron chi connectivity index (χ0n) is 17.6. The van der Waals surface area contributed by atoms with E-state index in [1.165, 1.54) is 0 Å². The molecular formula is C25H28O4S. The third kappa shape index (κ3) is 5.36. The maximum absolute atomic E-state index is 12.8. The van der Waals surface area contributed by atoms with Crippen molar-refractivity contribution in [1.29, 1.82) is 0 Å². The Morgan fingerprint density at radius 1 is 1.07 bits per heavy atom. The Balaban J connectivity index is 1.66. The summed E-state index contributed by atoms with van der Waals surface area (Å²) in [5.41, 5.74) is 5.27. The largest absolute Gasteiger partial charge is 0.490 e. The van der Waals surface area contributed by atoms with Gasteiger partial charge in [0.05, 0.1) is 11.5 Å². The van der Waals surface area contributed by atoms with Crippen molar-refractivity contribution in [3.05, 3.63) is 75.0 Å². The van der Waals surface area contributed by atoms with Gasteiger partial charge in [-0.2, -0.15) is 0 Å². The molecule has 1 heterocycles. The van der Waals surface area contributed by atoms with Gasteiger partial charge >= 0.3 is 0 Å². The minimum Gasteiger partial charge on any atom is -0.490 e. The molecule has 5 heteroatoms. The molecule has 3 aromatic rings. The zero-order chi connectivity index (χ0) is 21.7. The van der Waals surface area contributed by atoms with Crippen LogP contribution in [0.3, 0.4) is 0 Å². The predicted octanol–water partition coefficient (Wildman–Crippen LogP) is 4.89. The number of ether oxygens (including phenoxy) is 1. The van der Waals surface area contributed by atoms with Crippen LogP contribution in [0, 0.1) is 20.8 Å². The van der Waals surface area contributed by atoms with Crippen molar-refractivity contribution in [3.8, 4) is 16.9 Å². The lowest BCUT2D eigenvalue weighted by atomic mass is 10.0. The molecule has 1 atom stereocenters. The second-order valence-corrected chi connectivity index (χ2v) is 8.83. The zero-order valence-corrected chi connectivity index (χ0v) is 18.5. The molecule has 0 bridgehead atoms. The normalized spacial score (nSPS) is 12.0. The van der Waals surface area contributed by atoms with Crippen LogP contribution in [-0.2, 0) is 6.42 Å². The van der Waals surface area contributed by atoms with E-state index in [1.54, 1.807) is 11.3 Å². The van der Waals surface area contributed by atoms with Crippen LogP contribution in [0.1, 0.15) is 37.7 Å². The van der Waals surface area contributed by atoms with E-state index in [0.29, 0.717) is 12.8 Å². The van der Waals surface area contributed by atoms with Crippen LogP contribution in [0.2, 0.25) is 0 Å². The van der Waals surface area contributed by atoms with Gasteiger partial charge in [0, 0.05) is 11.3 Å². The summed E-state index contributed by atoms with van der Waals surface area (Å²) in [6.07, 6.45) is 0.227. The molecule has 0 spiro atoms. The lowest BCUT2D eigenvalue weighted by Crippen LogP contribution is -2.21. The highest BCUT2D eigenvalue weighted by Gasteiger charge is 2.15. The minimum atomic E-state index is -0.892. The van der Waals surface area contributed by atoms with E-state index in [9.17, 15) is 9.90 Å². The van der Waals surface area contributed by atoms with Crippen LogP contribution < -0.4 is 4.74 Å². The number of hydrogen-bond acceptors (Lipinski definition) is 5. The molecule has 0 aliphatic carbocycles. The average molecular weight is 425 g/mol. The number of aryl methyl sites for hydroxylation is 4. The van der Waals surface area contributed by atoms with Gasteiger partial charge in [-0.3, -0.25) is 4.79 Å². The van der Waals surface area contributed by atoms with Crippen LogP contribution in [0.5, 0.6) is 5.75 Å². The molecule has 1 aromatic heterocycles. The Morgan fingerprint density at radius 2 is 1.73 bits per heavy atom. The number of benzene rings is 2. The number of hydrogen-bond donors (Lipinski definition) is 2. The van der Waals surface area contributed by atoms with E-state index in [-0.39, 0.29) is 19.0 Å². The van der Waals surface area contributed by atoms with E-state index in [1.807, 2.05) is 50.2 Å². The fourth-order valence-corrected chi connectivity index (χ4v) is 4.56. The molecule has 0 unspecified atom stereocenters. The number of thiophene rings is 1. The van der Waals surface area contributed by atoms with E-state index >= 15 is 0 Å². The summed E-state index contributed by atoms with van der Waals surface area (Å²) in [4.78, 5) is 14.8. The van der Waals surface area contributed by atoms with Crippen LogP contribution in [0.4, 0.5) is 0 Å². The summed E-state index contributed by atoms with van der Waals surface area (Å²) >= 11 is 1.56. The summed E-state index contributed by atoms with van der Waals surface area (Å²) in [6.45, 7) is 5.69. The van der Waals surface area contributed by atoms with Gasteiger partial charge in [-0.05, 0) is 61.1 Å². The molecule has 4 nitrogen and oxygen atoms in total. The van der Waals surface area contributed by atoms with Crippen molar-refractivity contribution < 1.29 is 19.7 Å². The summed E-state index contributed by atoms with van der Waals surface area (Å²) in [5, 5.41) is 18.4. The lowest BCUT2D eigenvalue weighted by Gasteiger charge is -2.15. The standard InChI is InChI=1S/C25H28O4S/c1-16-11-19(12-17(2)25(16)29-15-21(27)14-26)9-10-23(28)24-13-22(18(3)30-24)20-7-5-4-6-8-20/h4-8,11-13,21,26-27H,9-10,14-15H2,1-3H3/t21-/m1/s1. The maximum Gasteiger partial charge on any atom is 0.173 e. The van der Waals surface area contributed by atoms with Crippen LogP contribution in [0.15, 0.2) is 48.5 Å². The number of rotatable bonds is 9. The fourth-order valence-electron chi connectivity index (χ4n) is 3.55. The Hall–Kier alpha value is -2.47. The van der Waals surface area contributed by atoms with Gasteiger partial charge in [0.25, 0.3) is 0 Å². The average Bonchev–Trinajstić information content (AvgIpc) is 3.13. The van der Waals surface area contributed by atoms with Crippen molar-refractivity contribution in [2.45, 2.75) is 39.7 Å². The second-order valence-electron chi connectivity index (χ2n) is 7.58. The van der Waals surface area contributed by atoms with Crippen molar-refractivity contribution in [3.63, 3.8) is 0 Å². The highest BCUT2D eigenvalue weighted by atomic mass is 32.1. The van der Waals surface area contributed by atoms with Crippen molar-refractivity contribution >= 4 is 17.1 Å². The first-order valence-corrected chi connectivity index (χ1v) is 10.9. The Labute approximate surface area is 181 Å². The van der Waals surface area contributed by atoms with Gasteiger partial charge in [0.15, 0.2) is 5.78 Å².